The zero-order valence-electron chi connectivity index (χ0n) is 44.9. The van der Waals surface area contributed by atoms with Crippen molar-refractivity contribution >= 4 is 65.4 Å². The van der Waals surface area contributed by atoms with Gasteiger partial charge in [-0.2, -0.15) is 0 Å². The number of fused-ring (bicyclic) bond motifs is 9. The van der Waals surface area contributed by atoms with Crippen LogP contribution < -0.4 is 0 Å². The predicted molar refractivity (Wildman–Crippen MR) is 342 cm³/mol. The summed E-state index contributed by atoms with van der Waals surface area (Å²) in [4.78, 5) is 10.8. The van der Waals surface area contributed by atoms with Crippen molar-refractivity contribution in [3.8, 4) is 84.3 Å². The van der Waals surface area contributed by atoms with Crippen LogP contribution in [0.1, 0.15) is 5.56 Å². The third kappa shape index (κ3) is 7.70. The van der Waals surface area contributed by atoms with Crippen molar-refractivity contribution in [3.05, 3.63) is 297 Å². The van der Waals surface area contributed by atoms with Crippen LogP contribution in [0.3, 0.4) is 0 Å². The van der Waals surface area contributed by atoms with Crippen LogP contribution in [-0.4, -0.2) is 23.7 Å². The highest BCUT2D eigenvalue weighted by molar-refractivity contribution is 6.13. The van der Waals surface area contributed by atoms with E-state index in [1.807, 2.05) is 6.07 Å². The third-order valence-electron chi connectivity index (χ3n) is 16.6. The first-order valence-corrected chi connectivity index (χ1v) is 28.1. The highest BCUT2D eigenvalue weighted by Crippen LogP contribution is 2.47. The maximum Gasteiger partial charge on any atom is 0.160 e. The monoisotopic (exact) mass is 1050 g/mol. The van der Waals surface area contributed by atoms with Crippen LogP contribution in [0, 0.1) is 6.92 Å². The molecule has 0 amide bonds. The highest BCUT2D eigenvalue weighted by Gasteiger charge is 2.25. The lowest BCUT2D eigenvalue weighted by Gasteiger charge is -2.22. The van der Waals surface area contributed by atoms with Gasteiger partial charge in [0.1, 0.15) is 0 Å². The molecule has 0 fully saturated rings. The zero-order valence-corrected chi connectivity index (χ0v) is 44.9. The Bertz CT molecular complexity index is 4830. The quantitative estimate of drug-likeness (QED) is 0.145. The van der Waals surface area contributed by atoms with Gasteiger partial charge in [0, 0.05) is 71.5 Å². The zero-order chi connectivity index (χ0) is 54.3. The standard InChI is InChI=1S/C77H51N5/c1-50-22-8-9-31-59(50)55-42-43-75-67(46-55)64-36-14-19-41-74(64)82(75)76-65(53-27-20-29-57(44-53)80-70-37-15-10-32-60(70)61-33-11-16-38-71(61)80)47-56(69-49-68(51-23-4-2-5-24-51)78-77(79-69)52-25-6-3-7-26-52)48-66(76)54-28-21-30-58(45-54)81-72-39-17-12-34-62(72)63-35-13-18-40-73(63)81/h2-49H,1H3. The fourth-order valence-corrected chi connectivity index (χ4v) is 12.8. The molecule has 0 atom stereocenters. The Morgan fingerprint density at radius 3 is 1.15 bits per heavy atom. The van der Waals surface area contributed by atoms with E-state index in [2.05, 4.69) is 306 Å². The van der Waals surface area contributed by atoms with Crippen LogP contribution in [0.4, 0.5) is 0 Å². The molecular weight excluding hydrogens is 995 g/mol. The fraction of sp³-hybridized carbons (Fsp3) is 0.0130. The van der Waals surface area contributed by atoms with Gasteiger partial charge in [-0.15, -0.1) is 0 Å². The molecule has 0 radical (unpaired) electrons. The molecule has 0 N–H and O–H groups in total. The number of rotatable bonds is 9. The van der Waals surface area contributed by atoms with E-state index in [-0.39, 0.29) is 0 Å². The topological polar surface area (TPSA) is 40.6 Å². The molecule has 4 aromatic heterocycles. The van der Waals surface area contributed by atoms with Crippen molar-refractivity contribution in [2.75, 3.05) is 0 Å². The molecule has 5 heteroatoms. The summed E-state index contributed by atoms with van der Waals surface area (Å²) in [5.41, 5.74) is 22.6. The minimum absolute atomic E-state index is 0.665. The van der Waals surface area contributed by atoms with Crippen LogP contribution in [0.15, 0.2) is 291 Å². The van der Waals surface area contributed by atoms with Gasteiger partial charge in [-0.1, -0.05) is 206 Å². The molecule has 82 heavy (non-hydrogen) atoms. The van der Waals surface area contributed by atoms with Gasteiger partial charge >= 0.3 is 0 Å². The summed E-state index contributed by atoms with van der Waals surface area (Å²) < 4.78 is 7.37. The van der Waals surface area contributed by atoms with Crippen molar-refractivity contribution in [3.63, 3.8) is 0 Å². The average Bonchev–Trinajstić information content (AvgIpc) is 4.40. The van der Waals surface area contributed by atoms with Crippen LogP contribution in [0.2, 0.25) is 0 Å². The first kappa shape index (κ1) is 47.1. The summed E-state index contributed by atoms with van der Waals surface area (Å²) >= 11 is 0. The van der Waals surface area contributed by atoms with Gasteiger partial charge in [-0.05, 0) is 120 Å². The van der Waals surface area contributed by atoms with Crippen LogP contribution in [-0.2, 0) is 0 Å². The first-order valence-electron chi connectivity index (χ1n) is 28.1. The second-order valence-electron chi connectivity index (χ2n) is 21.4. The number of aromatic nitrogens is 5. The Morgan fingerprint density at radius 2 is 0.634 bits per heavy atom. The highest BCUT2D eigenvalue weighted by atomic mass is 15.0. The Kier molecular flexibility index (Phi) is 11.0. The van der Waals surface area contributed by atoms with Gasteiger partial charge in [-0.25, -0.2) is 9.97 Å². The minimum atomic E-state index is 0.665. The van der Waals surface area contributed by atoms with Gasteiger partial charge < -0.3 is 13.7 Å². The summed E-state index contributed by atoms with van der Waals surface area (Å²) in [7, 11) is 0. The van der Waals surface area contributed by atoms with E-state index >= 15 is 0 Å². The molecule has 0 aliphatic heterocycles. The molecule has 0 unspecified atom stereocenters. The molecule has 0 bridgehead atoms. The van der Waals surface area contributed by atoms with E-state index in [0.717, 1.165) is 100 Å². The fourth-order valence-electron chi connectivity index (χ4n) is 12.8. The Morgan fingerprint density at radius 1 is 0.244 bits per heavy atom. The molecular formula is C77H51N5. The molecule has 16 aromatic rings. The number of hydrogen-bond acceptors (Lipinski definition) is 2. The normalized spacial score (nSPS) is 11.7. The van der Waals surface area contributed by atoms with E-state index in [1.165, 1.54) is 49.0 Å². The van der Waals surface area contributed by atoms with Gasteiger partial charge in [0.25, 0.3) is 0 Å². The molecule has 5 nitrogen and oxygen atoms in total. The molecule has 12 aromatic carbocycles. The lowest BCUT2D eigenvalue weighted by Crippen LogP contribution is -2.04. The number of aryl methyl sites for hydroxylation is 1. The number of benzene rings is 12. The van der Waals surface area contributed by atoms with Crippen molar-refractivity contribution in [1.29, 1.82) is 0 Å². The SMILES string of the molecule is Cc1ccccc1-c1ccc2c(c1)c1ccccc1n2-c1c(-c2cccc(-n3c4ccccc4c4ccccc43)c2)cc(-c2cc(-c3ccccc3)nc(-c3ccccc3)n2)cc1-c1cccc(-n2c3ccccc3c3ccccc32)c1. The lowest BCUT2D eigenvalue weighted by atomic mass is 9.91. The summed E-state index contributed by atoms with van der Waals surface area (Å²) in [5.74, 6) is 0.665. The van der Waals surface area contributed by atoms with E-state index in [1.54, 1.807) is 0 Å². The number of hydrogen-bond donors (Lipinski definition) is 0. The minimum Gasteiger partial charge on any atom is -0.309 e. The van der Waals surface area contributed by atoms with Crippen molar-refractivity contribution in [1.82, 2.24) is 23.7 Å². The van der Waals surface area contributed by atoms with Crippen LogP contribution >= 0.6 is 0 Å². The smallest absolute Gasteiger partial charge is 0.160 e. The molecule has 4 heterocycles. The summed E-state index contributed by atoms with van der Waals surface area (Å²) in [6.07, 6.45) is 0. The first-order chi connectivity index (χ1) is 40.6. The molecule has 0 spiro atoms. The van der Waals surface area contributed by atoms with Crippen LogP contribution in [0.25, 0.3) is 150 Å². The van der Waals surface area contributed by atoms with Crippen molar-refractivity contribution < 1.29 is 0 Å². The Hall–Kier alpha value is -10.9. The van der Waals surface area contributed by atoms with Gasteiger partial charge in [0.05, 0.1) is 50.2 Å². The van der Waals surface area contributed by atoms with Gasteiger partial charge in [0.15, 0.2) is 5.82 Å². The molecule has 0 aliphatic carbocycles. The average molecular weight is 1050 g/mol. The molecule has 16 rings (SSSR count). The summed E-state index contributed by atoms with van der Waals surface area (Å²) in [6, 6.07) is 106. The Balaban J connectivity index is 1.04. The molecule has 0 saturated carbocycles. The lowest BCUT2D eigenvalue weighted by molar-refractivity contribution is 1.16. The van der Waals surface area contributed by atoms with E-state index in [4.69, 9.17) is 9.97 Å². The maximum atomic E-state index is 5.53. The molecule has 0 saturated heterocycles. The van der Waals surface area contributed by atoms with Crippen molar-refractivity contribution in [2.45, 2.75) is 6.92 Å². The van der Waals surface area contributed by atoms with E-state index < -0.39 is 0 Å². The predicted octanol–water partition coefficient (Wildman–Crippen LogP) is 20.1. The van der Waals surface area contributed by atoms with Crippen molar-refractivity contribution in [2.24, 2.45) is 0 Å². The number of nitrogens with zero attached hydrogens (tertiary/aromatic N) is 5. The van der Waals surface area contributed by atoms with Crippen LogP contribution in [0.5, 0.6) is 0 Å². The Labute approximate surface area is 474 Å². The molecule has 384 valence electrons. The third-order valence-corrected chi connectivity index (χ3v) is 16.6. The van der Waals surface area contributed by atoms with E-state index in [0.29, 0.717) is 5.82 Å². The van der Waals surface area contributed by atoms with Gasteiger partial charge in [0.2, 0.25) is 0 Å². The maximum absolute atomic E-state index is 5.53. The summed E-state index contributed by atoms with van der Waals surface area (Å²) in [6.45, 7) is 2.20. The van der Waals surface area contributed by atoms with E-state index in [9.17, 15) is 0 Å². The number of para-hydroxylation sites is 5. The second kappa shape index (κ2) is 19.2. The largest absolute Gasteiger partial charge is 0.309 e. The second-order valence-corrected chi connectivity index (χ2v) is 21.4. The molecule has 0 aliphatic rings. The van der Waals surface area contributed by atoms with Gasteiger partial charge in [-0.3, -0.25) is 0 Å². The summed E-state index contributed by atoms with van der Waals surface area (Å²) in [5, 5.41) is 7.26.